The van der Waals surface area contributed by atoms with Gasteiger partial charge in [0.2, 0.25) is 0 Å². The molecule has 0 amide bonds. The predicted molar refractivity (Wildman–Crippen MR) is 203 cm³/mol. The maximum atomic E-state index is 6.61. The molecule has 0 aliphatic rings. The number of nitrogens with zero attached hydrogens (tertiary/aromatic N) is 4. The van der Waals surface area contributed by atoms with Crippen molar-refractivity contribution in [3.63, 3.8) is 0 Å². The molecule has 234 valence electrons. The van der Waals surface area contributed by atoms with E-state index in [9.17, 15) is 0 Å². The molecular weight excluding hydrogens is 613 g/mol. The van der Waals surface area contributed by atoms with Gasteiger partial charge in [-0.05, 0) is 41.5 Å². The lowest BCUT2D eigenvalue weighted by molar-refractivity contribution is 0.669. The minimum atomic E-state index is 0.598. The lowest BCUT2D eigenvalue weighted by Crippen LogP contribution is -2.00. The summed E-state index contributed by atoms with van der Waals surface area (Å²) < 4.78 is 8.92. The lowest BCUT2D eigenvalue weighted by atomic mass is 10.0. The molecule has 0 atom stereocenters. The number of para-hydroxylation sites is 2. The van der Waals surface area contributed by atoms with Crippen molar-refractivity contribution in [3.05, 3.63) is 170 Å². The zero-order chi connectivity index (χ0) is 33.0. The van der Waals surface area contributed by atoms with Gasteiger partial charge in [0.25, 0.3) is 0 Å². The van der Waals surface area contributed by atoms with E-state index in [1.54, 1.807) is 0 Å². The molecule has 10 rings (SSSR count). The second-order valence-electron chi connectivity index (χ2n) is 12.5. The molecule has 0 unspecified atom stereocenters. The van der Waals surface area contributed by atoms with E-state index in [0.717, 1.165) is 66.3 Å². The molecule has 0 radical (unpaired) electrons. The lowest BCUT2D eigenvalue weighted by Gasteiger charge is -2.10. The van der Waals surface area contributed by atoms with Crippen LogP contribution in [-0.4, -0.2) is 19.5 Å². The van der Waals surface area contributed by atoms with E-state index < -0.39 is 0 Å². The molecular formula is C45H28N4O. The standard InChI is InChI=1S/C45H28N4O/c1-4-13-29(14-5-1)30-23-25-32(26-24-30)44-46-43(31-15-6-2-7-16-31)47-45(48-44)35-20-12-22-40-42(35)37-27-36-34-19-10-11-21-38(34)49(33-17-8-3-9-18-33)39(36)28-41(37)50-40/h1-28H. The topological polar surface area (TPSA) is 56.7 Å². The molecule has 0 bridgehead atoms. The maximum absolute atomic E-state index is 6.61. The van der Waals surface area contributed by atoms with Crippen molar-refractivity contribution in [1.82, 2.24) is 19.5 Å². The van der Waals surface area contributed by atoms with Crippen LogP contribution in [0.25, 0.3) is 94.7 Å². The summed E-state index contributed by atoms with van der Waals surface area (Å²) in [5.74, 6) is 1.84. The third-order valence-corrected chi connectivity index (χ3v) is 9.46. The summed E-state index contributed by atoms with van der Waals surface area (Å²) in [7, 11) is 0. The first-order chi connectivity index (χ1) is 24.8. The number of hydrogen-bond acceptors (Lipinski definition) is 4. The summed E-state index contributed by atoms with van der Waals surface area (Å²) in [5, 5.41) is 4.35. The number of rotatable bonds is 5. The molecule has 50 heavy (non-hydrogen) atoms. The molecule has 0 saturated carbocycles. The Bertz CT molecular complexity index is 2840. The van der Waals surface area contributed by atoms with Crippen molar-refractivity contribution in [1.29, 1.82) is 0 Å². The monoisotopic (exact) mass is 640 g/mol. The van der Waals surface area contributed by atoms with Crippen molar-refractivity contribution in [2.45, 2.75) is 0 Å². The van der Waals surface area contributed by atoms with Gasteiger partial charge in [0, 0.05) is 50.0 Å². The van der Waals surface area contributed by atoms with Gasteiger partial charge in [-0.1, -0.05) is 133 Å². The fourth-order valence-electron chi connectivity index (χ4n) is 7.11. The maximum Gasteiger partial charge on any atom is 0.164 e. The van der Waals surface area contributed by atoms with Gasteiger partial charge in [-0.15, -0.1) is 0 Å². The molecule has 5 heteroatoms. The van der Waals surface area contributed by atoms with Crippen LogP contribution in [0.1, 0.15) is 0 Å². The van der Waals surface area contributed by atoms with Crippen LogP contribution in [0, 0.1) is 0 Å². The summed E-state index contributed by atoms with van der Waals surface area (Å²) >= 11 is 0. The van der Waals surface area contributed by atoms with Gasteiger partial charge in [-0.25, -0.2) is 15.0 Å². The van der Waals surface area contributed by atoms with Crippen LogP contribution in [0.2, 0.25) is 0 Å². The fraction of sp³-hybridized carbons (Fsp3) is 0. The first kappa shape index (κ1) is 28.2. The molecule has 0 fully saturated rings. The van der Waals surface area contributed by atoms with Gasteiger partial charge in [-0.2, -0.15) is 0 Å². The smallest absolute Gasteiger partial charge is 0.164 e. The van der Waals surface area contributed by atoms with E-state index in [-0.39, 0.29) is 0 Å². The summed E-state index contributed by atoms with van der Waals surface area (Å²) in [4.78, 5) is 15.2. The van der Waals surface area contributed by atoms with Gasteiger partial charge >= 0.3 is 0 Å². The first-order valence-electron chi connectivity index (χ1n) is 16.7. The molecule has 0 saturated heterocycles. The Labute approximate surface area is 287 Å². The predicted octanol–water partition coefficient (Wildman–Crippen LogP) is 11.5. The SMILES string of the molecule is c1ccc(-c2ccc(-c3nc(-c4ccccc4)nc(-c4cccc5oc6cc7c(cc6c45)c4ccccc4n7-c4ccccc4)n3)cc2)cc1. The quantitative estimate of drug-likeness (QED) is 0.188. The molecule has 5 nitrogen and oxygen atoms in total. The average Bonchev–Trinajstić information content (AvgIpc) is 3.72. The van der Waals surface area contributed by atoms with E-state index in [0.29, 0.717) is 17.5 Å². The Morgan fingerprint density at radius 2 is 0.960 bits per heavy atom. The van der Waals surface area contributed by atoms with Crippen molar-refractivity contribution >= 4 is 43.7 Å². The number of aromatic nitrogens is 4. The molecule has 0 spiro atoms. The molecule has 3 aromatic heterocycles. The van der Waals surface area contributed by atoms with Crippen molar-refractivity contribution in [3.8, 4) is 51.0 Å². The Morgan fingerprint density at radius 3 is 1.70 bits per heavy atom. The van der Waals surface area contributed by atoms with E-state index in [1.807, 2.05) is 54.6 Å². The third kappa shape index (κ3) is 4.60. The van der Waals surface area contributed by atoms with Crippen LogP contribution >= 0.6 is 0 Å². The van der Waals surface area contributed by atoms with E-state index in [4.69, 9.17) is 19.4 Å². The fourth-order valence-corrected chi connectivity index (χ4v) is 7.11. The highest BCUT2D eigenvalue weighted by Crippen LogP contribution is 2.41. The largest absolute Gasteiger partial charge is 0.456 e. The highest BCUT2D eigenvalue weighted by molar-refractivity contribution is 6.19. The molecule has 0 aliphatic carbocycles. The Kier molecular flexibility index (Phi) is 6.42. The highest BCUT2D eigenvalue weighted by atomic mass is 16.3. The van der Waals surface area contributed by atoms with E-state index in [1.165, 1.54) is 10.9 Å². The van der Waals surface area contributed by atoms with Crippen LogP contribution in [0.15, 0.2) is 174 Å². The van der Waals surface area contributed by atoms with Gasteiger partial charge in [0.05, 0.1) is 11.0 Å². The van der Waals surface area contributed by atoms with E-state index in [2.05, 4.69) is 120 Å². The number of furan rings is 1. The van der Waals surface area contributed by atoms with Gasteiger partial charge < -0.3 is 8.98 Å². The summed E-state index contributed by atoms with van der Waals surface area (Å²) in [5.41, 5.74) is 10.0. The second-order valence-corrected chi connectivity index (χ2v) is 12.5. The number of benzene rings is 7. The number of hydrogen-bond donors (Lipinski definition) is 0. The normalized spacial score (nSPS) is 11.6. The summed E-state index contributed by atoms with van der Waals surface area (Å²) in [6.45, 7) is 0. The average molecular weight is 641 g/mol. The van der Waals surface area contributed by atoms with E-state index >= 15 is 0 Å². The summed E-state index contributed by atoms with van der Waals surface area (Å²) in [6.07, 6.45) is 0. The molecule has 3 heterocycles. The van der Waals surface area contributed by atoms with Crippen molar-refractivity contribution < 1.29 is 4.42 Å². The zero-order valence-corrected chi connectivity index (χ0v) is 26.9. The molecule has 10 aromatic rings. The Hall–Kier alpha value is -6.85. The summed E-state index contributed by atoms with van der Waals surface area (Å²) in [6, 6.07) is 58.5. The Morgan fingerprint density at radius 1 is 0.380 bits per heavy atom. The minimum absolute atomic E-state index is 0.598. The van der Waals surface area contributed by atoms with Gasteiger partial charge in [-0.3, -0.25) is 0 Å². The minimum Gasteiger partial charge on any atom is -0.456 e. The van der Waals surface area contributed by atoms with Gasteiger partial charge in [0.1, 0.15) is 11.2 Å². The van der Waals surface area contributed by atoms with Gasteiger partial charge in [0.15, 0.2) is 17.5 Å². The van der Waals surface area contributed by atoms with Crippen molar-refractivity contribution in [2.24, 2.45) is 0 Å². The number of fused-ring (bicyclic) bond motifs is 6. The van der Waals surface area contributed by atoms with Crippen LogP contribution in [-0.2, 0) is 0 Å². The Balaban J connectivity index is 1.20. The van der Waals surface area contributed by atoms with Crippen molar-refractivity contribution in [2.75, 3.05) is 0 Å². The molecule has 0 N–H and O–H groups in total. The second kappa shape index (κ2) is 11.4. The first-order valence-corrected chi connectivity index (χ1v) is 16.7. The molecule has 7 aromatic carbocycles. The third-order valence-electron chi connectivity index (χ3n) is 9.46. The molecule has 0 aliphatic heterocycles. The highest BCUT2D eigenvalue weighted by Gasteiger charge is 2.20. The van der Waals surface area contributed by atoms with Crippen LogP contribution in [0.3, 0.4) is 0 Å². The van der Waals surface area contributed by atoms with Crippen LogP contribution in [0.5, 0.6) is 0 Å². The van der Waals surface area contributed by atoms with Crippen LogP contribution < -0.4 is 0 Å². The zero-order valence-electron chi connectivity index (χ0n) is 26.9. The van der Waals surface area contributed by atoms with Crippen LogP contribution in [0.4, 0.5) is 0 Å².